The molecule has 2 N–H and O–H groups in total. The number of benzene rings is 2. The molecule has 152 valence electrons. The number of hydrogen-bond acceptors (Lipinski definition) is 4. The van der Waals surface area contributed by atoms with Gasteiger partial charge in [-0.3, -0.25) is 4.79 Å². The van der Waals surface area contributed by atoms with Gasteiger partial charge in [-0.05, 0) is 41.7 Å². The molecule has 0 bridgehead atoms. The minimum atomic E-state index is -0.0124. The molecular weight excluding hydrogens is 366 g/mol. The Kier molecular flexibility index (Phi) is 6.22. The summed E-state index contributed by atoms with van der Waals surface area (Å²) in [6.45, 7) is 4.50. The fraction of sp³-hybridized carbons (Fsp3) is 0.391. The zero-order chi connectivity index (χ0) is 20.1. The minimum absolute atomic E-state index is 0.0124. The van der Waals surface area contributed by atoms with Gasteiger partial charge in [0, 0.05) is 11.5 Å². The Morgan fingerprint density at radius 3 is 2.79 bits per heavy atom. The minimum Gasteiger partial charge on any atom is -0.496 e. The van der Waals surface area contributed by atoms with Crippen LogP contribution in [0.4, 0.5) is 0 Å². The van der Waals surface area contributed by atoms with Crippen LogP contribution in [0.5, 0.6) is 5.75 Å². The lowest BCUT2D eigenvalue weighted by Crippen LogP contribution is -3.12. The predicted molar refractivity (Wildman–Crippen MR) is 111 cm³/mol. The smallest absolute Gasteiger partial charge is 0.243 e. The topological polar surface area (TPSA) is 64.4 Å². The molecule has 6 nitrogen and oxygen atoms in total. The van der Waals surface area contributed by atoms with Crippen molar-refractivity contribution in [2.24, 2.45) is 11.0 Å². The zero-order valence-corrected chi connectivity index (χ0v) is 16.8. The van der Waals surface area contributed by atoms with E-state index in [1.807, 2.05) is 30.3 Å². The molecule has 0 unspecified atom stereocenters. The molecule has 1 aliphatic heterocycles. The van der Waals surface area contributed by atoms with Crippen molar-refractivity contribution in [2.75, 3.05) is 33.4 Å². The monoisotopic (exact) mass is 394 g/mol. The highest BCUT2D eigenvalue weighted by Gasteiger charge is 2.43. The molecule has 2 fully saturated rings. The number of amides is 1. The van der Waals surface area contributed by atoms with Gasteiger partial charge in [-0.1, -0.05) is 30.3 Å². The molecule has 1 saturated heterocycles. The molecular formula is C23H28N3O3+. The summed E-state index contributed by atoms with van der Waals surface area (Å²) in [6, 6.07) is 16.2. The molecule has 2 aliphatic rings. The van der Waals surface area contributed by atoms with Gasteiger partial charge >= 0.3 is 0 Å². The number of rotatable bonds is 7. The van der Waals surface area contributed by atoms with Crippen LogP contribution in [0.15, 0.2) is 53.6 Å². The number of hydrazone groups is 1. The number of ether oxygens (including phenoxy) is 2. The molecule has 0 spiro atoms. The average Bonchev–Trinajstić information content (AvgIpc) is 3.56. The van der Waals surface area contributed by atoms with Crippen LogP contribution in [-0.4, -0.2) is 45.5 Å². The van der Waals surface area contributed by atoms with Crippen LogP contribution in [0.2, 0.25) is 0 Å². The van der Waals surface area contributed by atoms with Crippen molar-refractivity contribution in [3.05, 3.63) is 65.2 Å². The van der Waals surface area contributed by atoms with E-state index in [-0.39, 0.29) is 11.8 Å². The predicted octanol–water partition coefficient (Wildman–Crippen LogP) is 1.36. The third-order valence-corrected chi connectivity index (χ3v) is 5.69. The number of hydrogen-bond donors (Lipinski definition) is 2. The fourth-order valence-corrected chi connectivity index (χ4v) is 3.93. The van der Waals surface area contributed by atoms with E-state index >= 15 is 0 Å². The number of carbonyl (C=O) groups is 1. The summed E-state index contributed by atoms with van der Waals surface area (Å²) in [5.74, 6) is 1.21. The molecule has 1 aliphatic carbocycles. The van der Waals surface area contributed by atoms with E-state index < -0.39 is 0 Å². The first-order valence-electron chi connectivity index (χ1n) is 10.2. The Labute approximate surface area is 171 Å². The number of nitrogens with one attached hydrogen (secondary N) is 2. The summed E-state index contributed by atoms with van der Waals surface area (Å²) in [6.07, 6.45) is 2.59. The maximum atomic E-state index is 12.3. The first-order valence-corrected chi connectivity index (χ1v) is 10.2. The van der Waals surface area contributed by atoms with Gasteiger partial charge in [-0.25, -0.2) is 5.43 Å². The summed E-state index contributed by atoms with van der Waals surface area (Å²) >= 11 is 0. The first-order chi connectivity index (χ1) is 14.2. The van der Waals surface area contributed by atoms with Crippen molar-refractivity contribution in [1.29, 1.82) is 0 Å². The van der Waals surface area contributed by atoms with E-state index in [1.165, 1.54) is 10.5 Å². The van der Waals surface area contributed by atoms with Crippen LogP contribution in [0.1, 0.15) is 29.0 Å². The number of quaternary nitrogens is 1. The molecule has 6 heteroatoms. The highest BCUT2D eigenvalue weighted by atomic mass is 16.5. The van der Waals surface area contributed by atoms with Crippen molar-refractivity contribution in [3.63, 3.8) is 0 Å². The van der Waals surface area contributed by atoms with Gasteiger partial charge in [0.2, 0.25) is 5.91 Å². The van der Waals surface area contributed by atoms with Crippen molar-refractivity contribution in [2.45, 2.75) is 18.9 Å². The normalized spacial score (nSPS) is 21.8. The molecule has 2 aromatic rings. The number of carbonyl (C=O) groups excluding carboxylic acids is 1. The molecule has 0 radical (unpaired) electrons. The largest absolute Gasteiger partial charge is 0.496 e. The quantitative estimate of drug-likeness (QED) is 0.551. The lowest BCUT2D eigenvalue weighted by Gasteiger charge is -2.24. The van der Waals surface area contributed by atoms with E-state index in [2.05, 4.69) is 28.7 Å². The van der Waals surface area contributed by atoms with Crippen LogP contribution >= 0.6 is 0 Å². The van der Waals surface area contributed by atoms with Gasteiger partial charge < -0.3 is 14.4 Å². The van der Waals surface area contributed by atoms with Crippen molar-refractivity contribution >= 4 is 12.1 Å². The molecule has 4 rings (SSSR count). The Morgan fingerprint density at radius 1 is 1.24 bits per heavy atom. The third kappa shape index (κ3) is 5.02. The molecule has 2 aromatic carbocycles. The van der Waals surface area contributed by atoms with Crippen molar-refractivity contribution in [1.82, 2.24) is 5.43 Å². The second-order valence-electron chi connectivity index (χ2n) is 7.70. The van der Waals surface area contributed by atoms with E-state index in [4.69, 9.17) is 9.47 Å². The summed E-state index contributed by atoms with van der Waals surface area (Å²) < 4.78 is 11.0. The average molecular weight is 394 g/mol. The van der Waals surface area contributed by atoms with Gasteiger partial charge in [0.1, 0.15) is 25.4 Å². The van der Waals surface area contributed by atoms with Crippen LogP contribution in [-0.2, 0) is 16.1 Å². The summed E-state index contributed by atoms with van der Waals surface area (Å²) in [4.78, 5) is 13.8. The number of methoxy groups -OCH3 is 1. The number of morpholine rings is 1. The molecule has 29 heavy (non-hydrogen) atoms. The van der Waals surface area contributed by atoms with Crippen LogP contribution < -0.4 is 15.1 Å². The maximum absolute atomic E-state index is 12.3. The van der Waals surface area contributed by atoms with Crippen molar-refractivity contribution < 1.29 is 19.2 Å². The van der Waals surface area contributed by atoms with Crippen LogP contribution in [0.3, 0.4) is 0 Å². The highest BCUT2D eigenvalue weighted by Crippen LogP contribution is 2.47. The van der Waals surface area contributed by atoms with Gasteiger partial charge in [0.25, 0.3) is 0 Å². The Bertz CT molecular complexity index is 863. The third-order valence-electron chi connectivity index (χ3n) is 5.69. The molecule has 1 heterocycles. The van der Waals surface area contributed by atoms with Crippen molar-refractivity contribution in [3.8, 4) is 5.75 Å². The second kappa shape index (κ2) is 9.20. The summed E-state index contributed by atoms with van der Waals surface area (Å²) in [7, 11) is 1.69. The van der Waals surface area contributed by atoms with Gasteiger partial charge in [-0.2, -0.15) is 5.10 Å². The van der Waals surface area contributed by atoms with E-state index in [0.29, 0.717) is 5.92 Å². The van der Waals surface area contributed by atoms with Crippen LogP contribution in [0.25, 0.3) is 0 Å². The summed E-state index contributed by atoms with van der Waals surface area (Å²) in [5, 5.41) is 4.18. The molecule has 1 amide bonds. The van der Waals surface area contributed by atoms with E-state index in [1.54, 1.807) is 13.3 Å². The second-order valence-corrected chi connectivity index (χ2v) is 7.70. The van der Waals surface area contributed by atoms with Crippen LogP contribution in [0, 0.1) is 5.92 Å². The lowest BCUT2D eigenvalue weighted by atomic mass is 10.1. The lowest BCUT2D eigenvalue weighted by molar-refractivity contribution is -0.921. The van der Waals surface area contributed by atoms with E-state index in [0.717, 1.165) is 56.1 Å². The SMILES string of the molecule is COc1ccc(C=NNC(=O)[C@@H]2C[C@H]2c2ccccc2)cc1C[NH+]1CCOCC1. The standard InChI is InChI=1S/C23H27N3O3/c1-28-22-8-7-17(13-19(22)16-26-9-11-29-12-10-26)15-24-25-23(27)21-14-20(21)18-5-3-2-4-6-18/h2-8,13,15,20-21H,9-12,14,16H2,1H3,(H,25,27)/p+1/t20-,21+/m0/s1. The molecule has 2 atom stereocenters. The van der Waals surface area contributed by atoms with E-state index in [9.17, 15) is 4.79 Å². The number of nitrogens with zero attached hydrogens (tertiary/aromatic N) is 1. The fourth-order valence-electron chi connectivity index (χ4n) is 3.93. The van der Waals surface area contributed by atoms with Gasteiger partial charge in [-0.15, -0.1) is 0 Å². The Balaban J connectivity index is 1.34. The maximum Gasteiger partial charge on any atom is 0.243 e. The summed E-state index contributed by atoms with van der Waals surface area (Å²) in [5.41, 5.74) is 6.02. The molecule has 0 aromatic heterocycles. The zero-order valence-electron chi connectivity index (χ0n) is 16.8. The Morgan fingerprint density at radius 2 is 2.03 bits per heavy atom. The highest BCUT2D eigenvalue weighted by molar-refractivity contribution is 5.85. The Hall–Kier alpha value is -2.70. The van der Waals surface area contributed by atoms with Gasteiger partial charge in [0.15, 0.2) is 0 Å². The first kappa shape index (κ1) is 19.6. The molecule has 1 saturated carbocycles. The van der Waals surface area contributed by atoms with Gasteiger partial charge in [0.05, 0.1) is 26.5 Å².